The van der Waals surface area contributed by atoms with E-state index in [-0.39, 0.29) is 59.3 Å². The van der Waals surface area contributed by atoms with Crippen molar-refractivity contribution in [2.45, 2.75) is 29.6 Å². The second kappa shape index (κ2) is 12.6. The summed E-state index contributed by atoms with van der Waals surface area (Å²) >= 11 is 0. The number of esters is 1. The number of hydrogen-bond donors (Lipinski definition) is 1. The minimum Gasteiger partial charge on any atom is -0.466 e. The fraction of sp³-hybridized carbons (Fsp3) is 0.462. The first-order valence-electron chi connectivity index (χ1n) is 12.8. The summed E-state index contributed by atoms with van der Waals surface area (Å²) in [6, 6.07) is 12.0. The zero-order valence-electron chi connectivity index (χ0n) is 21.7. The molecule has 2 aromatic carbocycles. The second-order valence-electron chi connectivity index (χ2n) is 9.28. The Morgan fingerprint density at radius 1 is 0.897 bits per heavy atom. The van der Waals surface area contributed by atoms with Gasteiger partial charge in [-0.1, -0.05) is 12.1 Å². The standard InChI is InChI=1S/C26H33N3O8S2/c1-2-37-26(31)20-10-12-28(13-11-20)39(34,35)24-5-3-4-21(18-24)25(30)19-27-22-6-8-23(9-7-22)38(32,33)29-14-16-36-17-15-29/h3-9,18,20,27H,2,10-17,19H2,1H3. The first kappa shape index (κ1) is 29.2. The molecular formula is C26H33N3O8S2. The molecule has 0 unspecified atom stereocenters. The third kappa shape index (κ3) is 6.84. The summed E-state index contributed by atoms with van der Waals surface area (Å²) in [6.45, 7) is 3.63. The van der Waals surface area contributed by atoms with Gasteiger partial charge < -0.3 is 14.8 Å². The van der Waals surface area contributed by atoms with Gasteiger partial charge in [0.25, 0.3) is 0 Å². The molecule has 39 heavy (non-hydrogen) atoms. The first-order valence-corrected chi connectivity index (χ1v) is 15.7. The van der Waals surface area contributed by atoms with E-state index < -0.39 is 20.0 Å². The molecule has 212 valence electrons. The third-order valence-electron chi connectivity index (χ3n) is 6.78. The Balaban J connectivity index is 1.36. The summed E-state index contributed by atoms with van der Waals surface area (Å²) in [7, 11) is -7.45. The summed E-state index contributed by atoms with van der Waals surface area (Å²) in [5.74, 6) is -0.940. The summed E-state index contributed by atoms with van der Waals surface area (Å²) < 4.78 is 64.9. The van der Waals surface area contributed by atoms with Crippen LogP contribution in [-0.2, 0) is 34.3 Å². The topological polar surface area (TPSA) is 139 Å². The molecule has 11 nitrogen and oxygen atoms in total. The number of carbonyl (C=O) groups is 2. The molecule has 0 aromatic heterocycles. The van der Waals surface area contributed by atoms with Gasteiger partial charge in [0.15, 0.2) is 5.78 Å². The van der Waals surface area contributed by atoms with Crippen LogP contribution < -0.4 is 5.32 Å². The molecule has 0 aliphatic carbocycles. The zero-order chi connectivity index (χ0) is 28.0. The molecule has 4 rings (SSSR count). The number of Topliss-reactive ketones (excluding diaryl/α,β-unsaturated/α-hetero) is 1. The molecule has 0 saturated carbocycles. The maximum absolute atomic E-state index is 13.2. The van der Waals surface area contributed by atoms with E-state index in [0.717, 1.165) is 0 Å². The lowest BCUT2D eigenvalue weighted by Gasteiger charge is -2.30. The smallest absolute Gasteiger partial charge is 0.309 e. The quantitative estimate of drug-likeness (QED) is 0.331. The molecule has 1 N–H and O–H groups in total. The van der Waals surface area contributed by atoms with Crippen molar-refractivity contribution in [2.24, 2.45) is 5.92 Å². The van der Waals surface area contributed by atoms with Crippen molar-refractivity contribution in [3.8, 4) is 0 Å². The number of ether oxygens (including phenoxy) is 2. The van der Waals surface area contributed by atoms with Crippen LogP contribution in [-0.4, -0.2) is 89.7 Å². The molecule has 2 aliphatic heterocycles. The van der Waals surface area contributed by atoms with Gasteiger partial charge in [-0.15, -0.1) is 0 Å². The largest absolute Gasteiger partial charge is 0.466 e. The molecule has 0 bridgehead atoms. The highest BCUT2D eigenvalue weighted by molar-refractivity contribution is 7.89. The molecule has 2 fully saturated rings. The van der Waals surface area contributed by atoms with Crippen molar-refractivity contribution in [1.29, 1.82) is 0 Å². The number of ketones is 1. The number of nitrogens with zero attached hydrogens (tertiary/aromatic N) is 2. The van der Waals surface area contributed by atoms with Crippen LogP contribution in [0.15, 0.2) is 58.3 Å². The van der Waals surface area contributed by atoms with Gasteiger partial charge in [0.05, 0.1) is 42.1 Å². The summed E-state index contributed by atoms with van der Waals surface area (Å²) in [5, 5.41) is 2.97. The Morgan fingerprint density at radius 3 is 2.15 bits per heavy atom. The Kier molecular flexibility index (Phi) is 9.39. The van der Waals surface area contributed by atoms with Crippen LogP contribution in [0.25, 0.3) is 0 Å². The van der Waals surface area contributed by atoms with E-state index in [9.17, 15) is 26.4 Å². The van der Waals surface area contributed by atoms with Crippen LogP contribution in [0.3, 0.4) is 0 Å². The van der Waals surface area contributed by atoms with Gasteiger partial charge in [0.1, 0.15) is 0 Å². The molecule has 0 amide bonds. The zero-order valence-corrected chi connectivity index (χ0v) is 23.4. The van der Waals surface area contributed by atoms with Gasteiger partial charge in [-0.05, 0) is 56.2 Å². The monoisotopic (exact) mass is 579 g/mol. The van der Waals surface area contributed by atoms with Crippen LogP contribution >= 0.6 is 0 Å². The molecular weight excluding hydrogens is 546 g/mol. The second-order valence-corrected chi connectivity index (χ2v) is 13.2. The fourth-order valence-electron chi connectivity index (χ4n) is 4.54. The molecule has 0 spiro atoms. The number of nitrogens with one attached hydrogen (secondary N) is 1. The van der Waals surface area contributed by atoms with E-state index in [1.807, 2.05) is 0 Å². The lowest BCUT2D eigenvalue weighted by atomic mass is 9.98. The highest BCUT2D eigenvalue weighted by atomic mass is 32.2. The van der Waals surface area contributed by atoms with Gasteiger partial charge in [-0.25, -0.2) is 16.8 Å². The van der Waals surface area contributed by atoms with E-state index >= 15 is 0 Å². The summed E-state index contributed by atoms with van der Waals surface area (Å²) in [4.78, 5) is 25.0. The number of morpholine rings is 1. The third-order valence-corrected chi connectivity index (χ3v) is 10.6. The lowest BCUT2D eigenvalue weighted by molar-refractivity contribution is -0.149. The average Bonchev–Trinajstić information content (AvgIpc) is 2.97. The van der Waals surface area contributed by atoms with E-state index in [1.165, 1.54) is 38.9 Å². The molecule has 2 heterocycles. The number of sulfonamides is 2. The molecule has 0 atom stereocenters. The van der Waals surface area contributed by atoms with Crippen molar-refractivity contribution < 1.29 is 35.9 Å². The van der Waals surface area contributed by atoms with Gasteiger partial charge in [0.2, 0.25) is 20.0 Å². The highest BCUT2D eigenvalue weighted by Crippen LogP contribution is 2.25. The number of carbonyl (C=O) groups excluding carboxylic acids is 2. The lowest BCUT2D eigenvalue weighted by Crippen LogP contribution is -2.40. The van der Waals surface area contributed by atoms with E-state index in [1.54, 1.807) is 25.1 Å². The minimum absolute atomic E-state index is 0.0145. The number of hydrogen-bond acceptors (Lipinski definition) is 9. The van der Waals surface area contributed by atoms with Gasteiger partial charge >= 0.3 is 5.97 Å². The van der Waals surface area contributed by atoms with Crippen LogP contribution in [0.4, 0.5) is 5.69 Å². The van der Waals surface area contributed by atoms with Gasteiger partial charge in [0, 0.05) is 37.4 Å². The predicted molar refractivity (Wildman–Crippen MR) is 143 cm³/mol. The average molecular weight is 580 g/mol. The predicted octanol–water partition coefficient (Wildman–Crippen LogP) is 1.97. The van der Waals surface area contributed by atoms with Crippen LogP contribution in [0.2, 0.25) is 0 Å². The molecule has 2 saturated heterocycles. The van der Waals surface area contributed by atoms with Crippen molar-refractivity contribution in [3.05, 3.63) is 54.1 Å². The van der Waals surface area contributed by atoms with Gasteiger partial charge in [-0.2, -0.15) is 8.61 Å². The first-order chi connectivity index (χ1) is 18.6. The van der Waals surface area contributed by atoms with E-state index in [0.29, 0.717) is 44.8 Å². The summed E-state index contributed by atoms with van der Waals surface area (Å²) in [6.07, 6.45) is 0.764. The maximum Gasteiger partial charge on any atom is 0.309 e. The van der Waals surface area contributed by atoms with Crippen LogP contribution in [0.5, 0.6) is 0 Å². The Hall–Kier alpha value is -2.84. The van der Waals surface area contributed by atoms with Crippen molar-refractivity contribution in [3.63, 3.8) is 0 Å². The fourth-order valence-corrected chi connectivity index (χ4v) is 7.46. The van der Waals surface area contributed by atoms with Crippen molar-refractivity contribution >= 4 is 37.5 Å². The number of anilines is 1. The normalized spacial score (nSPS) is 18.0. The Bertz CT molecular complexity index is 1380. The number of piperidine rings is 1. The molecule has 0 radical (unpaired) electrons. The van der Waals surface area contributed by atoms with E-state index in [4.69, 9.17) is 9.47 Å². The van der Waals surface area contributed by atoms with Crippen molar-refractivity contribution in [1.82, 2.24) is 8.61 Å². The van der Waals surface area contributed by atoms with E-state index in [2.05, 4.69) is 5.32 Å². The SMILES string of the molecule is CCOC(=O)C1CCN(S(=O)(=O)c2cccc(C(=O)CNc3ccc(S(=O)(=O)N4CCOCC4)cc3)c2)CC1. The van der Waals surface area contributed by atoms with Crippen LogP contribution in [0.1, 0.15) is 30.1 Å². The van der Waals surface area contributed by atoms with Crippen molar-refractivity contribution in [2.75, 3.05) is 57.9 Å². The summed E-state index contributed by atoms with van der Waals surface area (Å²) in [5.41, 5.74) is 0.786. The maximum atomic E-state index is 13.2. The highest BCUT2D eigenvalue weighted by Gasteiger charge is 2.33. The Morgan fingerprint density at radius 2 is 1.51 bits per heavy atom. The van der Waals surface area contributed by atoms with Crippen LogP contribution in [0, 0.1) is 5.92 Å². The Labute approximate surface area is 229 Å². The number of rotatable bonds is 10. The minimum atomic E-state index is -3.83. The molecule has 2 aromatic rings. The molecule has 2 aliphatic rings. The molecule has 13 heteroatoms. The number of benzene rings is 2. The van der Waals surface area contributed by atoms with Gasteiger partial charge in [-0.3, -0.25) is 9.59 Å².